The molecule has 1 amide bonds. The van der Waals surface area contributed by atoms with Crippen LogP contribution in [0.25, 0.3) is 0 Å². The van der Waals surface area contributed by atoms with Crippen molar-refractivity contribution in [3.8, 4) is 0 Å². The van der Waals surface area contributed by atoms with E-state index >= 15 is 0 Å². The largest absolute Gasteiger partial charge is 0.462 e. The topological polar surface area (TPSA) is 55.4 Å². The van der Waals surface area contributed by atoms with Crippen molar-refractivity contribution in [2.75, 3.05) is 11.9 Å². The van der Waals surface area contributed by atoms with Gasteiger partial charge in [-0.05, 0) is 61.7 Å². The van der Waals surface area contributed by atoms with Crippen molar-refractivity contribution in [3.05, 3.63) is 64.7 Å². The molecular weight excluding hydrogens is 302 g/mol. The highest BCUT2D eigenvalue weighted by Gasteiger charge is 2.10. The molecule has 0 radical (unpaired) electrons. The number of anilines is 1. The SMILES string of the molecule is CCCCOC(=O)c1cccc(NC(=O)c2ccc(C)c(C)c2)c1. The lowest BCUT2D eigenvalue weighted by molar-refractivity contribution is 0.0499. The van der Waals surface area contributed by atoms with Crippen LogP contribution in [0.15, 0.2) is 42.5 Å². The van der Waals surface area contributed by atoms with E-state index in [1.54, 1.807) is 30.3 Å². The van der Waals surface area contributed by atoms with Crippen molar-refractivity contribution in [2.45, 2.75) is 33.6 Å². The molecule has 0 fully saturated rings. The van der Waals surface area contributed by atoms with Crippen LogP contribution in [0, 0.1) is 13.8 Å². The monoisotopic (exact) mass is 325 g/mol. The number of carbonyl (C=O) groups is 2. The number of esters is 1. The molecule has 0 aromatic heterocycles. The molecular formula is C20H23NO3. The summed E-state index contributed by atoms with van der Waals surface area (Å²) in [5.74, 6) is -0.569. The van der Waals surface area contributed by atoms with Crippen molar-refractivity contribution in [1.29, 1.82) is 0 Å². The number of rotatable bonds is 6. The highest BCUT2D eigenvalue weighted by molar-refractivity contribution is 6.05. The summed E-state index contributed by atoms with van der Waals surface area (Å²) in [5.41, 5.74) is 3.81. The van der Waals surface area contributed by atoms with Gasteiger partial charge < -0.3 is 10.1 Å². The molecule has 2 aromatic rings. The Hall–Kier alpha value is -2.62. The lowest BCUT2D eigenvalue weighted by Crippen LogP contribution is -2.13. The van der Waals surface area contributed by atoms with E-state index < -0.39 is 0 Å². The molecule has 126 valence electrons. The van der Waals surface area contributed by atoms with Gasteiger partial charge in [0.2, 0.25) is 0 Å². The van der Waals surface area contributed by atoms with Crippen LogP contribution < -0.4 is 5.32 Å². The van der Waals surface area contributed by atoms with Gasteiger partial charge in [0.25, 0.3) is 5.91 Å². The second-order valence-corrected chi connectivity index (χ2v) is 5.82. The lowest BCUT2D eigenvalue weighted by atomic mass is 10.1. The maximum atomic E-state index is 12.3. The van der Waals surface area contributed by atoms with Gasteiger partial charge in [-0.25, -0.2) is 4.79 Å². The van der Waals surface area contributed by atoms with E-state index in [0.717, 1.165) is 24.0 Å². The van der Waals surface area contributed by atoms with Crippen LogP contribution >= 0.6 is 0 Å². The Bertz CT molecular complexity index is 737. The molecule has 4 nitrogen and oxygen atoms in total. The van der Waals surface area contributed by atoms with Crippen molar-refractivity contribution < 1.29 is 14.3 Å². The van der Waals surface area contributed by atoms with Crippen LogP contribution in [0.1, 0.15) is 51.6 Å². The standard InChI is InChI=1S/C20H23NO3/c1-4-5-11-24-20(23)17-7-6-8-18(13-17)21-19(22)16-10-9-14(2)15(3)12-16/h6-10,12-13H,4-5,11H2,1-3H3,(H,21,22). The summed E-state index contributed by atoms with van der Waals surface area (Å²) < 4.78 is 5.19. The first-order chi connectivity index (χ1) is 11.5. The molecule has 4 heteroatoms. The van der Waals surface area contributed by atoms with E-state index in [2.05, 4.69) is 5.32 Å². The van der Waals surface area contributed by atoms with Gasteiger partial charge in [0.05, 0.1) is 12.2 Å². The minimum Gasteiger partial charge on any atom is -0.462 e. The first-order valence-electron chi connectivity index (χ1n) is 8.17. The van der Waals surface area contributed by atoms with Gasteiger partial charge in [-0.2, -0.15) is 0 Å². The van der Waals surface area contributed by atoms with Gasteiger partial charge in [-0.3, -0.25) is 4.79 Å². The fourth-order valence-electron chi connectivity index (χ4n) is 2.20. The number of amides is 1. The highest BCUT2D eigenvalue weighted by atomic mass is 16.5. The van der Waals surface area contributed by atoms with Gasteiger partial charge in [0.15, 0.2) is 0 Å². The summed E-state index contributed by atoms with van der Waals surface area (Å²) >= 11 is 0. The van der Waals surface area contributed by atoms with Gasteiger partial charge in [0.1, 0.15) is 0 Å². The Morgan fingerprint density at radius 2 is 1.79 bits per heavy atom. The third-order valence-electron chi connectivity index (χ3n) is 3.86. The first kappa shape index (κ1) is 17.7. The zero-order valence-electron chi connectivity index (χ0n) is 14.4. The zero-order chi connectivity index (χ0) is 17.5. The van der Waals surface area contributed by atoms with Crippen LogP contribution in [0.5, 0.6) is 0 Å². The van der Waals surface area contributed by atoms with Crippen LogP contribution in [0.3, 0.4) is 0 Å². The molecule has 0 spiro atoms. The minimum absolute atomic E-state index is 0.199. The summed E-state index contributed by atoms with van der Waals surface area (Å²) in [5, 5.41) is 2.82. The van der Waals surface area contributed by atoms with Gasteiger partial charge >= 0.3 is 5.97 Å². The molecule has 0 bridgehead atoms. The van der Waals surface area contributed by atoms with Gasteiger partial charge in [0, 0.05) is 11.3 Å². The average Bonchev–Trinajstić information content (AvgIpc) is 2.57. The van der Waals surface area contributed by atoms with Crippen LogP contribution in [0.2, 0.25) is 0 Å². The van der Waals surface area contributed by atoms with Gasteiger partial charge in [-0.1, -0.05) is 25.5 Å². The molecule has 0 saturated carbocycles. The van der Waals surface area contributed by atoms with E-state index in [-0.39, 0.29) is 11.9 Å². The van der Waals surface area contributed by atoms with Crippen LogP contribution in [-0.2, 0) is 4.74 Å². The van der Waals surface area contributed by atoms with Crippen molar-refractivity contribution in [2.24, 2.45) is 0 Å². The molecule has 0 atom stereocenters. The van der Waals surface area contributed by atoms with Crippen molar-refractivity contribution in [3.63, 3.8) is 0 Å². The van der Waals surface area contributed by atoms with Crippen molar-refractivity contribution in [1.82, 2.24) is 0 Å². The fourth-order valence-corrected chi connectivity index (χ4v) is 2.20. The predicted molar refractivity (Wildman–Crippen MR) is 95.5 cm³/mol. The van der Waals surface area contributed by atoms with Crippen LogP contribution in [0.4, 0.5) is 5.69 Å². The fraction of sp³-hybridized carbons (Fsp3) is 0.300. The van der Waals surface area contributed by atoms with Crippen LogP contribution in [-0.4, -0.2) is 18.5 Å². The number of carbonyl (C=O) groups excluding carboxylic acids is 2. The first-order valence-corrected chi connectivity index (χ1v) is 8.17. The molecule has 1 N–H and O–H groups in total. The van der Waals surface area contributed by atoms with Crippen molar-refractivity contribution >= 4 is 17.6 Å². The Kier molecular flexibility index (Phi) is 6.13. The van der Waals surface area contributed by atoms with E-state index in [1.807, 2.05) is 32.9 Å². The lowest BCUT2D eigenvalue weighted by Gasteiger charge is -2.09. The Morgan fingerprint density at radius 3 is 2.50 bits per heavy atom. The number of hydrogen-bond donors (Lipinski definition) is 1. The second-order valence-electron chi connectivity index (χ2n) is 5.82. The van der Waals surface area contributed by atoms with E-state index in [9.17, 15) is 9.59 Å². The summed E-state index contributed by atoms with van der Waals surface area (Å²) in [4.78, 5) is 24.3. The number of unbranched alkanes of at least 4 members (excludes halogenated alkanes) is 1. The molecule has 0 aliphatic rings. The Labute approximate surface area is 142 Å². The summed E-state index contributed by atoms with van der Waals surface area (Å²) in [6.07, 6.45) is 1.81. The van der Waals surface area contributed by atoms with E-state index in [4.69, 9.17) is 4.74 Å². The van der Waals surface area contributed by atoms with Gasteiger partial charge in [-0.15, -0.1) is 0 Å². The summed E-state index contributed by atoms with van der Waals surface area (Å²) in [6, 6.07) is 12.4. The molecule has 0 heterocycles. The molecule has 2 rings (SSSR count). The Balaban J connectivity index is 2.07. The second kappa shape index (κ2) is 8.29. The normalized spacial score (nSPS) is 10.3. The minimum atomic E-state index is -0.370. The third-order valence-corrected chi connectivity index (χ3v) is 3.86. The number of ether oxygens (including phenoxy) is 1. The highest BCUT2D eigenvalue weighted by Crippen LogP contribution is 2.15. The number of benzene rings is 2. The molecule has 24 heavy (non-hydrogen) atoms. The summed E-state index contributed by atoms with van der Waals surface area (Å²) in [7, 11) is 0. The summed E-state index contributed by atoms with van der Waals surface area (Å²) in [6.45, 7) is 6.43. The number of hydrogen-bond acceptors (Lipinski definition) is 3. The maximum Gasteiger partial charge on any atom is 0.338 e. The maximum absolute atomic E-state index is 12.3. The third kappa shape index (κ3) is 4.69. The molecule has 2 aromatic carbocycles. The van der Waals surface area contributed by atoms with E-state index in [0.29, 0.717) is 23.4 Å². The Morgan fingerprint density at radius 1 is 1.00 bits per heavy atom. The quantitative estimate of drug-likeness (QED) is 0.628. The number of aryl methyl sites for hydroxylation is 2. The average molecular weight is 325 g/mol. The zero-order valence-corrected chi connectivity index (χ0v) is 14.4. The molecule has 0 unspecified atom stereocenters. The predicted octanol–water partition coefficient (Wildman–Crippen LogP) is 4.51. The van der Waals surface area contributed by atoms with E-state index in [1.165, 1.54) is 0 Å². The number of nitrogens with one attached hydrogen (secondary N) is 1. The smallest absolute Gasteiger partial charge is 0.338 e. The molecule has 0 aliphatic heterocycles. The molecule has 0 saturated heterocycles. The molecule has 0 aliphatic carbocycles.